The van der Waals surface area contributed by atoms with Crippen molar-refractivity contribution in [1.82, 2.24) is 0 Å². The molecule has 4 nitrogen and oxygen atoms in total. The zero-order valence-corrected chi connectivity index (χ0v) is 21.6. The molecule has 34 heavy (non-hydrogen) atoms. The van der Waals surface area contributed by atoms with Gasteiger partial charge < -0.3 is 5.11 Å². The molecular formula is C30H38O4. The highest BCUT2D eigenvalue weighted by Crippen LogP contribution is 2.65. The van der Waals surface area contributed by atoms with Crippen molar-refractivity contribution in [2.75, 3.05) is 0 Å². The first-order chi connectivity index (χ1) is 15.8. The summed E-state index contributed by atoms with van der Waals surface area (Å²) >= 11 is 0. The molecule has 1 fully saturated rings. The van der Waals surface area contributed by atoms with Crippen molar-refractivity contribution >= 4 is 17.3 Å². The van der Waals surface area contributed by atoms with E-state index in [1.807, 2.05) is 78.0 Å². The molecule has 0 unspecified atom stereocenters. The average molecular weight is 463 g/mol. The number of rotatable bonds is 7. The highest BCUT2D eigenvalue weighted by atomic mass is 16.3. The molecule has 182 valence electrons. The van der Waals surface area contributed by atoms with Crippen molar-refractivity contribution in [3.63, 3.8) is 0 Å². The van der Waals surface area contributed by atoms with Crippen LogP contribution in [0.2, 0.25) is 0 Å². The second-order valence-corrected chi connectivity index (χ2v) is 11.2. The third-order valence-corrected chi connectivity index (χ3v) is 8.17. The lowest BCUT2D eigenvalue weighted by atomic mass is 9.39. The standard InChI is InChI=1S/C30H38O4/c1-19(2)13-14-23-18-29(17-22-11-9-8-10-12-22)25(32)24(21(5)31)26(33)30(27(29)34,28(23,6)7)16-15-20(3)4/h8-13,15,23,32H,14,16-18H2,1-7H3/t23-,29-,30+/m1/s1. The molecular weight excluding hydrogens is 424 g/mol. The number of hydrogen-bond donors (Lipinski definition) is 1. The lowest BCUT2D eigenvalue weighted by Gasteiger charge is -2.60. The second-order valence-electron chi connectivity index (χ2n) is 11.2. The van der Waals surface area contributed by atoms with Crippen LogP contribution in [0.1, 0.15) is 73.3 Å². The van der Waals surface area contributed by atoms with Crippen LogP contribution in [-0.4, -0.2) is 22.5 Å². The number of aliphatic hydroxyl groups is 1. The zero-order chi connectivity index (χ0) is 25.5. The van der Waals surface area contributed by atoms with E-state index < -0.39 is 27.8 Å². The maximum atomic E-state index is 14.6. The maximum absolute atomic E-state index is 14.6. The van der Waals surface area contributed by atoms with E-state index in [4.69, 9.17) is 0 Å². The molecule has 4 heteroatoms. The van der Waals surface area contributed by atoms with Crippen molar-refractivity contribution in [2.45, 2.75) is 74.1 Å². The van der Waals surface area contributed by atoms with Crippen LogP contribution in [0.4, 0.5) is 0 Å². The van der Waals surface area contributed by atoms with Gasteiger partial charge in [0, 0.05) is 0 Å². The van der Waals surface area contributed by atoms with Gasteiger partial charge in [0.15, 0.2) is 17.3 Å². The SMILES string of the molecule is CC(=O)C1=C(O)[C@@]2(Cc3ccccc3)C[C@@H](CC=C(C)C)C(C)(C)[C@@](CC=C(C)C)(C1=O)C2=O. The maximum Gasteiger partial charge on any atom is 0.184 e. The molecule has 0 aliphatic heterocycles. The molecule has 0 radical (unpaired) electrons. The Kier molecular flexibility index (Phi) is 6.94. The van der Waals surface area contributed by atoms with Gasteiger partial charge in [0.05, 0.1) is 11.0 Å². The topological polar surface area (TPSA) is 71.4 Å². The fourth-order valence-electron chi connectivity index (χ4n) is 6.05. The summed E-state index contributed by atoms with van der Waals surface area (Å²) in [5, 5.41) is 11.5. The van der Waals surface area contributed by atoms with E-state index in [9.17, 15) is 19.5 Å². The molecule has 0 saturated heterocycles. The van der Waals surface area contributed by atoms with Crippen LogP contribution in [0.3, 0.4) is 0 Å². The molecule has 0 amide bonds. The molecule has 1 saturated carbocycles. The molecule has 2 bridgehead atoms. The monoisotopic (exact) mass is 462 g/mol. The summed E-state index contributed by atoms with van der Waals surface area (Å²) in [5.74, 6) is -1.60. The Hall–Kier alpha value is -2.75. The number of ketones is 3. The fourth-order valence-corrected chi connectivity index (χ4v) is 6.05. The number of allylic oxidation sites excluding steroid dienone is 6. The lowest BCUT2D eigenvalue weighted by molar-refractivity contribution is -0.171. The van der Waals surface area contributed by atoms with Gasteiger partial charge >= 0.3 is 0 Å². The quantitative estimate of drug-likeness (QED) is 0.285. The van der Waals surface area contributed by atoms with Gasteiger partial charge in [0.1, 0.15) is 11.2 Å². The van der Waals surface area contributed by atoms with E-state index in [0.29, 0.717) is 12.8 Å². The van der Waals surface area contributed by atoms with E-state index in [1.54, 1.807) is 0 Å². The van der Waals surface area contributed by atoms with Crippen molar-refractivity contribution in [2.24, 2.45) is 22.2 Å². The first kappa shape index (κ1) is 25.9. The van der Waals surface area contributed by atoms with Crippen molar-refractivity contribution in [1.29, 1.82) is 0 Å². The fraction of sp³-hybridized carbons (Fsp3) is 0.500. The predicted molar refractivity (Wildman–Crippen MR) is 135 cm³/mol. The molecule has 0 aromatic heterocycles. The molecule has 0 heterocycles. The number of benzene rings is 1. The van der Waals surface area contributed by atoms with Gasteiger partial charge in [-0.2, -0.15) is 0 Å². The van der Waals surface area contributed by atoms with Gasteiger partial charge in [-0.05, 0) is 77.2 Å². The lowest BCUT2D eigenvalue weighted by Crippen LogP contribution is -2.67. The number of aliphatic hydroxyl groups excluding tert-OH is 1. The summed E-state index contributed by atoms with van der Waals surface area (Å²) < 4.78 is 0. The van der Waals surface area contributed by atoms with E-state index in [2.05, 4.69) is 6.08 Å². The number of fused-ring (bicyclic) bond motifs is 2. The summed E-state index contributed by atoms with van der Waals surface area (Å²) in [6, 6.07) is 9.58. The van der Waals surface area contributed by atoms with Crippen LogP contribution in [0.5, 0.6) is 0 Å². The third-order valence-electron chi connectivity index (χ3n) is 8.17. The van der Waals surface area contributed by atoms with Crippen molar-refractivity contribution < 1.29 is 19.5 Å². The van der Waals surface area contributed by atoms with Crippen LogP contribution in [0.15, 0.2) is 65.0 Å². The number of carbonyl (C=O) groups is 3. The van der Waals surface area contributed by atoms with Crippen LogP contribution in [0.25, 0.3) is 0 Å². The minimum absolute atomic E-state index is 0.0333. The Morgan fingerprint density at radius 1 is 1.00 bits per heavy atom. The molecule has 1 aromatic carbocycles. The van der Waals surface area contributed by atoms with Crippen molar-refractivity contribution in [3.8, 4) is 0 Å². The zero-order valence-electron chi connectivity index (χ0n) is 21.6. The van der Waals surface area contributed by atoms with Gasteiger partial charge in [0.2, 0.25) is 0 Å². The summed E-state index contributed by atoms with van der Waals surface area (Å²) in [4.78, 5) is 41.5. The summed E-state index contributed by atoms with van der Waals surface area (Å²) in [7, 11) is 0. The molecule has 1 N–H and O–H groups in total. The predicted octanol–water partition coefficient (Wildman–Crippen LogP) is 6.51. The highest BCUT2D eigenvalue weighted by Gasteiger charge is 2.72. The van der Waals surface area contributed by atoms with E-state index in [-0.39, 0.29) is 35.9 Å². The number of carbonyl (C=O) groups excluding carboxylic acids is 3. The first-order valence-electron chi connectivity index (χ1n) is 12.2. The van der Waals surface area contributed by atoms with E-state index >= 15 is 0 Å². The Balaban J connectivity index is 2.38. The second kappa shape index (κ2) is 9.13. The Bertz CT molecular complexity index is 1090. The Morgan fingerprint density at radius 3 is 2.12 bits per heavy atom. The normalized spacial score (nSPS) is 27.9. The van der Waals surface area contributed by atoms with Gasteiger partial charge in [0.25, 0.3) is 0 Å². The minimum Gasteiger partial charge on any atom is -0.510 e. The van der Waals surface area contributed by atoms with Gasteiger partial charge in [-0.25, -0.2) is 0 Å². The minimum atomic E-state index is -1.41. The Morgan fingerprint density at radius 2 is 1.59 bits per heavy atom. The van der Waals surface area contributed by atoms with Crippen LogP contribution in [0, 0.1) is 22.2 Å². The molecule has 1 aromatic rings. The van der Waals surface area contributed by atoms with Crippen LogP contribution >= 0.6 is 0 Å². The van der Waals surface area contributed by atoms with E-state index in [0.717, 1.165) is 11.1 Å². The summed E-state index contributed by atoms with van der Waals surface area (Å²) in [6.45, 7) is 13.3. The largest absolute Gasteiger partial charge is 0.510 e. The number of Topliss-reactive ketones (excluding diaryl/α,β-unsaturated/α-hetero) is 3. The molecule has 0 spiro atoms. The van der Waals surface area contributed by atoms with Gasteiger partial charge in [-0.1, -0.05) is 67.5 Å². The van der Waals surface area contributed by atoms with Crippen LogP contribution < -0.4 is 0 Å². The Labute approximate surface area is 203 Å². The van der Waals surface area contributed by atoms with Crippen LogP contribution in [-0.2, 0) is 20.8 Å². The summed E-state index contributed by atoms with van der Waals surface area (Å²) in [6.07, 6.45) is 5.68. The number of hydrogen-bond acceptors (Lipinski definition) is 4. The van der Waals surface area contributed by atoms with E-state index in [1.165, 1.54) is 12.5 Å². The highest BCUT2D eigenvalue weighted by molar-refractivity contribution is 6.31. The van der Waals surface area contributed by atoms with Gasteiger partial charge in [-0.15, -0.1) is 0 Å². The summed E-state index contributed by atoms with van der Waals surface area (Å²) in [5.41, 5.74) is -0.534. The molecule has 2 aliphatic rings. The third kappa shape index (κ3) is 3.91. The molecule has 3 atom stereocenters. The average Bonchev–Trinajstić information content (AvgIpc) is 2.74. The molecule has 2 aliphatic carbocycles. The first-order valence-corrected chi connectivity index (χ1v) is 12.2. The smallest absolute Gasteiger partial charge is 0.184 e. The molecule has 3 rings (SSSR count). The van der Waals surface area contributed by atoms with Gasteiger partial charge in [-0.3, -0.25) is 14.4 Å². The van der Waals surface area contributed by atoms with Crippen molar-refractivity contribution in [3.05, 3.63) is 70.5 Å².